The molecule has 0 saturated heterocycles. The van der Waals surface area contributed by atoms with E-state index in [1.54, 1.807) is 25.9 Å². The van der Waals surface area contributed by atoms with E-state index in [0.717, 1.165) is 11.3 Å². The van der Waals surface area contributed by atoms with Crippen LogP contribution in [-0.2, 0) is 16.1 Å². The van der Waals surface area contributed by atoms with Crippen LogP contribution in [0.2, 0.25) is 0 Å². The SMILES string of the molecule is COc1ccc(CNC(=O)CCN2C(=O)C(C)(C)Oc3ccccc32)cc1. The van der Waals surface area contributed by atoms with Gasteiger partial charge in [-0.2, -0.15) is 0 Å². The highest BCUT2D eigenvalue weighted by atomic mass is 16.5. The third kappa shape index (κ3) is 4.22. The van der Waals surface area contributed by atoms with Gasteiger partial charge in [0.05, 0.1) is 12.8 Å². The molecule has 0 bridgehead atoms. The summed E-state index contributed by atoms with van der Waals surface area (Å²) in [5.74, 6) is 1.17. The van der Waals surface area contributed by atoms with Crippen LogP contribution in [0.5, 0.6) is 11.5 Å². The summed E-state index contributed by atoms with van der Waals surface area (Å²) >= 11 is 0. The van der Waals surface area contributed by atoms with Crippen molar-refractivity contribution in [1.82, 2.24) is 5.32 Å². The molecule has 0 aromatic heterocycles. The molecule has 1 aliphatic rings. The minimum absolute atomic E-state index is 0.111. The van der Waals surface area contributed by atoms with E-state index in [2.05, 4.69) is 5.32 Å². The third-order valence-corrected chi connectivity index (χ3v) is 4.49. The fourth-order valence-electron chi connectivity index (χ4n) is 2.99. The molecular weight excluding hydrogens is 344 g/mol. The van der Waals surface area contributed by atoms with Crippen LogP contribution in [0.4, 0.5) is 5.69 Å². The molecule has 0 atom stereocenters. The van der Waals surface area contributed by atoms with Gasteiger partial charge in [-0.25, -0.2) is 0 Å². The number of ether oxygens (including phenoxy) is 2. The topological polar surface area (TPSA) is 67.9 Å². The second-order valence-electron chi connectivity index (χ2n) is 6.91. The quantitative estimate of drug-likeness (QED) is 0.851. The summed E-state index contributed by atoms with van der Waals surface area (Å²) in [5.41, 5.74) is 0.733. The number of amides is 2. The van der Waals surface area contributed by atoms with Crippen LogP contribution in [-0.4, -0.2) is 31.1 Å². The lowest BCUT2D eigenvalue weighted by Crippen LogP contribution is -2.53. The van der Waals surface area contributed by atoms with Crippen molar-refractivity contribution >= 4 is 17.5 Å². The molecule has 3 rings (SSSR count). The monoisotopic (exact) mass is 368 g/mol. The Labute approximate surface area is 159 Å². The van der Waals surface area contributed by atoms with Crippen molar-refractivity contribution in [3.63, 3.8) is 0 Å². The minimum Gasteiger partial charge on any atom is -0.497 e. The molecule has 0 unspecified atom stereocenters. The Kier molecular flexibility index (Phi) is 5.35. The molecule has 0 radical (unpaired) electrons. The molecule has 1 heterocycles. The zero-order valence-corrected chi connectivity index (χ0v) is 15.8. The van der Waals surface area contributed by atoms with E-state index in [4.69, 9.17) is 9.47 Å². The molecular formula is C21H24N2O4. The first-order valence-corrected chi connectivity index (χ1v) is 8.90. The van der Waals surface area contributed by atoms with Gasteiger partial charge in [0.2, 0.25) is 5.91 Å². The largest absolute Gasteiger partial charge is 0.497 e. The summed E-state index contributed by atoms with van der Waals surface area (Å²) in [5, 5.41) is 2.89. The molecule has 0 aliphatic carbocycles. The Morgan fingerprint density at radius 2 is 1.85 bits per heavy atom. The van der Waals surface area contributed by atoms with Gasteiger partial charge < -0.3 is 19.7 Å². The van der Waals surface area contributed by atoms with E-state index in [-0.39, 0.29) is 18.2 Å². The molecule has 2 aromatic rings. The molecule has 0 fully saturated rings. The number of para-hydroxylation sites is 2. The van der Waals surface area contributed by atoms with Gasteiger partial charge in [-0.1, -0.05) is 24.3 Å². The van der Waals surface area contributed by atoms with Crippen molar-refractivity contribution in [3.05, 3.63) is 54.1 Å². The molecule has 2 amide bonds. The second-order valence-corrected chi connectivity index (χ2v) is 6.91. The summed E-state index contributed by atoms with van der Waals surface area (Å²) in [4.78, 5) is 26.6. The van der Waals surface area contributed by atoms with Crippen molar-refractivity contribution < 1.29 is 19.1 Å². The predicted molar refractivity (Wildman–Crippen MR) is 103 cm³/mol. The zero-order valence-electron chi connectivity index (χ0n) is 15.8. The number of benzene rings is 2. The summed E-state index contributed by atoms with van der Waals surface area (Å²) in [6.45, 7) is 4.21. The number of anilines is 1. The minimum atomic E-state index is -0.950. The van der Waals surface area contributed by atoms with Gasteiger partial charge in [0.25, 0.3) is 5.91 Å². The molecule has 6 heteroatoms. The smallest absolute Gasteiger partial charge is 0.270 e. The Balaban J connectivity index is 1.59. The number of carbonyl (C=O) groups excluding carboxylic acids is 2. The maximum absolute atomic E-state index is 12.7. The molecule has 2 aromatic carbocycles. The maximum atomic E-state index is 12.7. The summed E-state index contributed by atoms with van der Waals surface area (Å²) < 4.78 is 10.9. The Morgan fingerprint density at radius 3 is 2.56 bits per heavy atom. The molecule has 1 N–H and O–H groups in total. The van der Waals surface area contributed by atoms with E-state index in [1.807, 2.05) is 48.5 Å². The number of hydrogen-bond donors (Lipinski definition) is 1. The number of nitrogens with one attached hydrogen (secondary N) is 1. The maximum Gasteiger partial charge on any atom is 0.270 e. The van der Waals surface area contributed by atoms with E-state index in [0.29, 0.717) is 24.5 Å². The van der Waals surface area contributed by atoms with E-state index >= 15 is 0 Å². The molecule has 0 saturated carbocycles. The van der Waals surface area contributed by atoms with Gasteiger partial charge in [-0.15, -0.1) is 0 Å². The lowest BCUT2D eigenvalue weighted by atomic mass is 10.0. The van der Waals surface area contributed by atoms with Crippen LogP contribution in [0, 0.1) is 0 Å². The number of nitrogens with zero attached hydrogens (tertiary/aromatic N) is 1. The summed E-state index contributed by atoms with van der Waals surface area (Å²) in [6.07, 6.45) is 0.215. The van der Waals surface area contributed by atoms with Gasteiger partial charge in [0.1, 0.15) is 11.5 Å². The highest BCUT2D eigenvalue weighted by Gasteiger charge is 2.40. The van der Waals surface area contributed by atoms with Crippen LogP contribution in [0.3, 0.4) is 0 Å². The lowest BCUT2D eigenvalue weighted by molar-refractivity contribution is -0.132. The highest BCUT2D eigenvalue weighted by molar-refractivity contribution is 6.02. The van der Waals surface area contributed by atoms with Crippen LogP contribution in [0.25, 0.3) is 0 Å². The second kappa shape index (κ2) is 7.70. The molecule has 142 valence electrons. The third-order valence-electron chi connectivity index (χ3n) is 4.49. The number of carbonyl (C=O) groups is 2. The average Bonchev–Trinajstić information content (AvgIpc) is 2.67. The Bertz CT molecular complexity index is 830. The first-order valence-electron chi connectivity index (χ1n) is 8.90. The van der Waals surface area contributed by atoms with Crippen molar-refractivity contribution in [3.8, 4) is 11.5 Å². The van der Waals surface area contributed by atoms with Crippen LogP contribution >= 0.6 is 0 Å². The number of fused-ring (bicyclic) bond motifs is 1. The summed E-state index contributed by atoms with van der Waals surface area (Å²) in [6, 6.07) is 14.9. The number of rotatable bonds is 6. The Morgan fingerprint density at radius 1 is 1.15 bits per heavy atom. The standard InChI is InChI=1S/C21H24N2O4/c1-21(2)20(25)23(17-6-4-5-7-18(17)27-21)13-12-19(24)22-14-15-8-10-16(26-3)11-9-15/h4-11H,12-14H2,1-3H3,(H,22,24). The van der Waals surface area contributed by atoms with Crippen LogP contribution < -0.4 is 19.7 Å². The zero-order chi connectivity index (χ0) is 19.4. The molecule has 1 aliphatic heterocycles. The van der Waals surface area contributed by atoms with Crippen LogP contribution in [0.1, 0.15) is 25.8 Å². The van der Waals surface area contributed by atoms with Gasteiger partial charge in [0.15, 0.2) is 5.60 Å². The van der Waals surface area contributed by atoms with Gasteiger partial charge in [-0.05, 0) is 43.7 Å². The van der Waals surface area contributed by atoms with Gasteiger partial charge in [-0.3, -0.25) is 9.59 Å². The molecule has 0 spiro atoms. The fourth-order valence-corrected chi connectivity index (χ4v) is 2.99. The number of methoxy groups -OCH3 is 1. The Hall–Kier alpha value is -3.02. The van der Waals surface area contributed by atoms with Crippen molar-refractivity contribution in [2.75, 3.05) is 18.6 Å². The van der Waals surface area contributed by atoms with E-state index in [1.165, 1.54) is 0 Å². The average molecular weight is 368 g/mol. The normalized spacial score (nSPS) is 14.9. The molecule has 27 heavy (non-hydrogen) atoms. The predicted octanol–water partition coefficient (Wildman–Crippen LogP) is 2.91. The van der Waals surface area contributed by atoms with E-state index in [9.17, 15) is 9.59 Å². The first-order chi connectivity index (χ1) is 12.9. The van der Waals surface area contributed by atoms with Crippen molar-refractivity contribution in [2.24, 2.45) is 0 Å². The van der Waals surface area contributed by atoms with Gasteiger partial charge >= 0.3 is 0 Å². The summed E-state index contributed by atoms with van der Waals surface area (Å²) in [7, 11) is 1.61. The highest BCUT2D eigenvalue weighted by Crippen LogP contribution is 2.37. The van der Waals surface area contributed by atoms with Crippen molar-refractivity contribution in [2.45, 2.75) is 32.4 Å². The lowest BCUT2D eigenvalue weighted by Gasteiger charge is -2.38. The molecule has 6 nitrogen and oxygen atoms in total. The van der Waals surface area contributed by atoms with Crippen LogP contribution in [0.15, 0.2) is 48.5 Å². The van der Waals surface area contributed by atoms with Crippen molar-refractivity contribution in [1.29, 1.82) is 0 Å². The van der Waals surface area contributed by atoms with E-state index < -0.39 is 5.60 Å². The first kappa shape index (κ1) is 18.8. The fraction of sp³-hybridized carbons (Fsp3) is 0.333. The van der Waals surface area contributed by atoms with Gasteiger partial charge in [0, 0.05) is 19.5 Å². The number of hydrogen-bond acceptors (Lipinski definition) is 4.